The van der Waals surface area contributed by atoms with Crippen LogP contribution >= 0.6 is 0 Å². The third kappa shape index (κ3) is 2.67. The fourth-order valence-electron chi connectivity index (χ4n) is 2.04. The van der Waals surface area contributed by atoms with Gasteiger partial charge < -0.3 is 11.1 Å². The smallest absolute Gasteiger partial charge is 0.251 e. The minimum atomic E-state index is 0.0298. The van der Waals surface area contributed by atoms with Crippen LogP contribution in [0.25, 0.3) is 0 Å². The van der Waals surface area contributed by atoms with Crippen molar-refractivity contribution in [2.24, 2.45) is 11.1 Å². The Balaban J connectivity index is 1.99. The SMILES string of the molecule is CCc1ccccc1C(=O)NCC1(CN)CC1. The van der Waals surface area contributed by atoms with E-state index >= 15 is 0 Å². The van der Waals surface area contributed by atoms with E-state index in [1.54, 1.807) is 0 Å². The number of amides is 1. The molecule has 0 aliphatic heterocycles. The summed E-state index contributed by atoms with van der Waals surface area (Å²) in [5.41, 5.74) is 7.78. The van der Waals surface area contributed by atoms with Crippen LogP contribution in [-0.2, 0) is 6.42 Å². The Kier molecular flexibility index (Phi) is 3.48. The van der Waals surface area contributed by atoms with Gasteiger partial charge in [-0.2, -0.15) is 0 Å². The molecule has 0 unspecified atom stereocenters. The Bertz CT molecular complexity index is 410. The second kappa shape index (κ2) is 4.88. The van der Waals surface area contributed by atoms with E-state index in [-0.39, 0.29) is 11.3 Å². The molecule has 1 amide bonds. The summed E-state index contributed by atoms with van der Waals surface area (Å²) in [5, 5.41) is 3.01. The maximum atomic E-state index is 12.1. The van der Waals surface area contributed by atoms with Crippen LogP contribution in [0.5, 0.6) is 0 Å². The number of aryl methyl sites for hydroxylation is 1. The van der Waals surface area contributed by atoms with Gasteiger partial charge >= 0.3 is 0 Å². The van der Waals surface area contributed by atoms with E-state index in [0.29, 0.717) is 13.1 Å². The normalized spacial score (nSPS) is 16.6. The Morgan fingerprint density at radius 2 is 2.12 bits per heavy atom. The predicted molar refractivity (Wildman–Crippen MR) is 68.9 cm³/mol. The molecule has 0 aromatic heterocycles. The first-order valence-corrected chi connectivity index (χ1v) is 6.27. The highest BCUT2D eigenvalue weighted by Gasteiger charge is 2.41. The Hall–Kier alpha value is -1.35. The summed E-state index contributed by atoms with van der Waals surface area (Å²) in [6.07, 6.45) is 3.16. The highest BCUT2D eigenvalue weighted by atomic mass is 16.1. The second-order valence-corrected chi connectivity index (χ2v) is 4.90. The zero-order chi connectivity index (χ0) is 12.3. The zero-order valence-electron chi connectivity index (χ0n) is 10.3. The first kappa shape index (κ1) is 12.1. The fourth-order valence-corrected chi connectivity index (χ4v) is 2.04. The lowest BCUT2D eigenvalue weighted by Gasteiger charge is -2.14. The molecule has 0 saturated heterocycles. The van der Waals surface area contributed by atoms with Crippen LogP contribution in [0.15, 0.2) is 24.3 Å². The van der Waals surface area contributed by atoms with Crippen molar-refractivity contribution in [3.63, 3.8) is 0 Å². The summed E-state index contributed by atoms with van der Waals surface area (Å²) in [6, 6.07) is 7.77. The topological polar surface area (TPSA) is 55.1 Å². The molecular formula is C14H20N2O. The van der Waals surface area contributed by atoms with Crippen LogP contribution in [0, 0.1) is 5.41 Å². The molecule has 0 bridgehead atoms. The van der Waals surface area contributed by atoms with Gasteiger partial charge in [-0.05, 0) is 37.4 Å². The molecular weight excluding hydrogens is 212 g/mol. The first-order chi connectivity index (χ1) is 8.21. The van der Waals surface area contributed by atoms with Crippen molar-refractivity contribution >= 4 is 5.91 Å². The zero-order valence-corrected chi connectivity index (χ0v) is 10.3. The van der Waals surface area contributed by atoms with Crippen molar-refractivity contribution in [3.05, 3.63) is 35.4 Å². The van der Waals surface area contributed by atoms with Gasteiger partial charge in [0.15, 0.2) is 0 Å². The van der Waals surface area contributed by atoms with E-state index in [1.165, 1.54) is 0 Å². The van der Waals surface area contributed by atoms with E-state index in [0.717, 1.165) is 30.4 Å². The minimum absolute atomic E-state index is 0.0298. The molecule has 17 heavy (non-hydrogen) atoms. The molecule has 1 aromatic rings. The third-order valence-corrected chi connectivity index (χ3v) is 3.66. The van der Waals surface area contributed by atoms with Crippen LogP contribution in [-0.4, -0.2) is 19.0 Å². The lowest BCUT2D eigenvalue weighted by atomic mass is 10.0. The van der Waals surface area contributed by atoms with Crippen LogP contribution in [0.4, 0.5) is 0 Å². The molecule has 1 aliphatic rings. The number of nitrogens with one attached hydrogen (secondary N) is 1. The van der Waals surface area contributed by atoms with Crippen LogP contribution in [0.1, 0.15) is 35.7 Å². The molecule has 2 rings (SSSR count). The van der Waals surface area contributed by atoms with Gasteiger partial charge in [0, 0.05) is 17.5 Å². The summed E-state index contributed by atoms with van der Waals surface area (Å²) in [5.74, 6) is 0.0298. The molecule has 0 spiro atoms. The van der Waals surface area contributed by atoms with Crippen molar-refractivity contribution < 1.29 is 4.79 Å². The Labute approximate surface area is 102 Å². The van der Waals surface area contributed by atoms with E-state index in [2.05, 4.69) is 12.2 Å². The molecule has 0 radical (unpaired) electrons. The number of carbonyl (C=O) groups is 1. The molecule has 1 saturated carbocycles. The van der Waals surface area contributed by atoms with Gasteiger partial charge in [-0.25, -0.2) is 0 Å². The van der Waals surface area contributed by atoms with Crippen molar-refractivity contribution in [1.82, 2.24) is 5.32 Å². The standard InChI is InChI=1S/C14H20N2O/c1-2-11-5-3-4-6-12(11)13(17)16-10-14(9-15)7-8-14/h3-6H,2,7-10,15H2,1H3,(H,16,17). The van der Waals surface area contributed by atoms with Gasteiger partial charge in [0.1, 0.15) is 0 Å². The maximum Gasteiger partial charge on any atom is 0.251 e. The molecule has 1 aliphatic carbocycles. The van der Waals surface area contributed by atoms with Crippen molar-refractivity contribution in [2.45, 2.75) is 26.2 Å². The number of benzene rings is 1. The van der Waals surface area contributed by atoms with Gasteiger partial charge in [-0.15, -0.1) is 0 Å². The average Bonchev–Trinajstić information content (AvgIpc) is 3.16. The number of hydrogen-bond acceptors (Lipinski definition) is 2. The molecule has 3 heteroatoms. The van der Waals surface area contributed by atoms with Crippen LogP contribution in [0.3, 0.4) is 0 Å². The molecule has 92 valence electrons. The molecule has 1 fully saturated rings. The molecule has 3 nitrogen and oxygen atoms in total. The minimum Gasteiger partial charge on any atom is -0.351 e. The van der Waals surface area contributed by atoms with Crippen molar-refractivity contribution in [3.8, 4) is 0 Å². The van der Waals surface area contributed by atoms with Gasteiger partial charge in [0.25, 0.3) is 5.91 Å². The summed E-state index contributed by atoms with van der Waals surface area (Å²) in [7, 11) is 0. The number of rotatable bonds is 5. The largest absolute Gasteiger partial charge is 0.351 e. The summed E-state index contributed by atoms with van der Waals surface area (Å²) < 4.78 is 0. The first-order valence-electron chi connectivity index (χ1n) is 6.27. The van der Waals surface area contributed by atoms with E-state index < -0.39 is 0 Å². The van der Waals surface area contributed by atoms with Crippen molar-refractivity contribution in [2.75, 3.05) is 13.1 Å². The van der Waals surface area contributed by atoms with Crippen molar-refractivity contribution in [1.29, 1.82) is 0 Å². The average molecular weight is 232 g/mol. The monoisotopic (exact) mass is 232 g/mol. The second-order valence-electron chi connectivity index (χ2n) is 4.90. The molecule has 1 aromatic carbocycles. The van der Waals surface area contributed by atoms with E-state index in [1.807, 2.05) is 24.3 Å². The predicted octanol–water partition coefficient (Wildman–Crippen LogP) is 1.72. The maximum absolute atomic E-state index is 12.1. The fraction of sp³-hybridized carbons (Fsp3) is 0.500. The summed E-state index contributed by atoms with van der Waals surface area (Å²) >= 11 is 0. The Morgan fingerprint density at radius 1 is 1.41 bits per heavy atom. The Morgan fingerprint density at radius 3 is 2.71 bits per heavy atom. The third-order valence-electron chi connectivity index (χ3n) is 3.66. The summed E-state index contributed by atoms with van der Waals surface area (Å²) in [6.45, 7) is 3.44. The van der Waals surface area contributed by atoms with Crippen LogP contribution < -0.4 is 11.1 Å². The molecule has 0 heterocycles. The van der Waals surface area contributed by atoms with Gasteiger partial charge in [-0.3, -0.25) is 4.79 Å². The molecule has 3 N–H and O–H groups in total. The summed E-state index contributed by atoms with van der Waals surface area (Å²) in [4.78, 5) is 12.1. The van der Waals surface area contributed by atoms with E-state index in [4.69, 9.17) is 5.73 Å². The van der Waals surface area contributed by atoms with Gasteiger partial charge in [0.05, 0.1) is 0 Å². The quantitative estimate of drug-likeness (QED) is 0.812. The lowest BCUT2D eigenvalue weighted by molar-refractivity contribution is 0.0944. The van der Waals surface area contributed by atoms with Gasteiger partial charge in [0.2, 0.25) is 0 Å². The van der Waals surface area contributed by atoms with Crippen LogP contribution in [0.2, 0.25) is 0 Å². The lowest BCUT2D eigenvalue weighted by Crippen LogP contribution is -2.34. The number of hydrogen-bond donors (Lipinski definition) is 2. The number of carbonyl (C=O) groups excluding carboxylic acids is 1. The highest BCUT2D eigenvalue weighted by molar-refractivity contribution is 5.95. The van der Waals surface area contributed by atoms with E-state index in [9.17, 15) is 4.79 Å². The molecule has 0 atom stereocenters. The van der Waals surface area contributed by atoms with Gasteiger partial charge in [-0.1, -0.05) is 25.1 Å². The highest BCUT2D eigenvalue weighted by Crippen LogP contribution is 2.43. The number of nitrogens with two attached hydrogens (primary N) is 1.